The van der Waals surface area contributed by atoms with E-state index >= 15 is 0 Å². The summed E-state index contributed by atoms with van der Waals surface area (Å²) in [5.41, 5.74) is 0.0764. The molecule has 0 fully saturated rings. The maximum atomic E-state index is 14.9. The maximum Gasteiger partial charge on any atom is 0.470 e. The average molecular weight is 495 g/mol. The monoisotopic (exact) mass is 495 g/mol. The lowest BCUT2D eigenvalue weighted by atomic mass is 10.0. The molecule has 3 rings (SSSR count). The molecule has 1 aromatic heterocycles. The number of rotatable bonds is 10. The summed E-state index contributed by atoms with van der Waals surface area (Å²) in [5.74, 6) is -1.10. The first-order valence-corrected chi connectivity index (χ1v) is 11.7. The van der Waals surface area contributed by atoms with Crippen LogP contribution in [0.2, 0.25) is 0 Å². The number of halogens is 1. The molecule has 2 N–H and O–H groups in total. The van der Waals surface area contributed by atoms with Gasteiger partial charge < -0.3 is 28.6 Å². The third kappa shape index (κ3) is 6.00. The van der Waals surface area contributed by atoms with Gasteiger partial charge in [0.15, 0.2) is 18.8 Å². The van der Waals surface area contributed by atoms with E-state index in [9.17, 15) is 18.5 Å². The second kappa shape index (κ2) is 10.8. The predicted molar refractivity (Wildman–Crippen MR) is 120 cm³/mol. The average Bonchev–Trinajstić information content (AvgIpc) is 2.81. The summed E-state index contributed by atoms with van der Waals surface area (Å²) in [6.07, 6.45) is 2.05. The molecule has 0 aliphatic heterocycles. The molecule has 3 aromatic rings. The van der Waals surface area contributed by atoms with E-state index in [4.69, 9.17) is 24.0 Å². The quantitative estimate of drug-likeness (QED) is 0.321. The zero-order chi connectivity index (χ0) is 24.9. The van der Waals surface area contributed by atoms with Crippen LogP contribution in [0.15, 0.2) is 47.4 Å². The fourth-order valence-electron chi connectivity index (χ4n) is 3.19. The SMILES string of the molecule is CCCOc1ccc(F)c2c(=O)c(-c3ccc(OC)cc3)cn(COC(=O)COP(=O)(O)O)c12. The van der Waals surface area contributed by atoms with Gasteiger partial charge in [0, 0.05) is 11.8 Å². The Morgan fingerprint density at radius 2 is 1.85 bits per heavy atom. The molecule has 1 heterocycles. The molecule has 12 heteroatoms. The number of carbonyl (C=O) groups is 1. The normalized spacial score (nSPS) is 11.4. The van der Waals surface area contributed by atoms with Crippen LogP contribution in [0.3, 0.4) is 0 Å². The highest BCUT2D eigenvalue weighted by Gasteiger charge is 2.20. The number of nitrogens with zero attached hydrogens (tertiary/aromatic N) is 1. The van der Waals surface area contributed by atoms with Crippen molar-refractivity contribution in [3.05, 3.63) is 58.6 Å². The van der Waals surface area contributed by atoms with Crippen molar-refractivity contribution in [3.63, 3.8) is 0 Å². The largest absolute Gasteiger partial charge is 0.497 e. The Balaban J connectivity index is 2.11. The number of hydrogen-bond acceptors (Lipinski definition) is 7. The van der Waals surface area contributed by atoms with E-state index in [2.05, 4.69) is 4.52 Å². The minimum Gasteiger partial charge on any atom is -0.497 e. The lowest BCUT2D eigenvalue weighted by Gasteiger charge is -2.17. The number of pyridine rings is 1. The van der Waals surface area contributed by atoms with Gasteiger partial charge in [-0.1, -0.05) is 19.1 Å². The van der Waals surface area contributed by atoms with Crippen molar-refractivity contribution in [2.45, 2.75) is 20.1 Å². The second-order valence-corrected chi connectivity index (χ2v) is 8.34. The van der Waals surface area contributed by atoms with Gasteiger partial charge in [0.25, 0.3) is 0 Å². The van der Waals surface area contributed by atoms with E-state index in [0.717, 1.165) is 6.07 Å². The number of fused-ring (bicyclic) bond motifs is 1. The zero-order valence-electron chi connectivity index (χ0n) is 18.4. The van der Waals surface area contributed by atoms with Crippen molar-refractivity contribution in [3.8, 4) is 22.6 Å². The van der Waals surface area contributed by atoms with Crippen LogP contribution in [0.25, 0.3) is 22.0 Å². The molecule has 0 atom stereocenters. The van der Waals surface area contributed by atoms with Gasteiger partial charge in [-0.25, -0.2) is 13.8 Å². The van der Waals surface area contributed by atoms with Crippen molar-refractivity contribution in [2.75, 3.05) is 20.3 Å². The van der Waals surface area contributed by atoms with Crippen molar-refractivity contribution in [1.82, 2.24) is 4.57 Å². The van der Waals surface area contributed by atoms with Gasteiger partial charge in [-0.2, -0.15) is 0 Å². The highest BCUT2D eigenvalue weighted by Crippen LogP contribution is 2.35. The number of benzene rings is 2. The molecule has 0 aliphatic carbocycles. The Kier molecular flexibility index (Phi) is 8.06. The molecule has 0 spiro atoms. The highest BCUT2D eigenvalue weighted by molar-refractivity contribution is 7.46. The lowest BCUT2D eigenvalue weighted by Crippen LogP contribution is -2.19. The van der Waals surface area contributed by atoms with Gasteiger partial charge in [-0.05, 0) is 36.2 Å². The van der Waals surface area contributed by atoms with E-state index in [-0.39, 0.29) is 22.2 Å². The number of ether oxygens (including phenoxy) is 3. The Bertz CT molecular complexity index is 1280. The molecule has 0 radical (unpaired) electrons. The van der Waals surface area contributed by atoms with Crippen LogP contribution in [0, 0.1) is 5.82 Å². The number of phosphoric ester groups is 1. The molecule has 0 saturated carbocycles. The molecule has 2 aromatic carbocycles. The van der Waals surface area contributed by atoms with E-state index in [1.54, 1.807) is 24.3 Å². The molecule has 182 valence electrons. The van der Waals surface area contributed by atoms with Crippen molar-refractivity contribution in [2.24, 2.45) is 0 Å². The molecule has 0 bridgehead atoms. The number of hydrogen-bond donors (Lipinski definition) is 2. The maximum absolute atomic E-state index is 14.9. The van der Waals surface area contributed by atoms with Crippen molar-refractivity contribution < 1.29 is 42.3 Å². The molecule has 0 aliphatic rings. The van der Waals surface area contributed by atoms with Crippen LogP contribution in [0.4, 0.5) is 4.39 Å². The summed E-state index contributed by atoms with van der Waals surface area (Å²) in [6.45, 7) is 0.672. The van der Waals surface area contributed by atoms with Gasteiger partial charge in [0.1, 0.15) is 22.8 Å². The molecule has 34 heavy (non-hydrogen) atoms. The minimum absolute atomic E-state index is 0.0689. The van der Waals surface area contributed by atoms with Crippen LogP contribution in [0.1, 0.15) is 13.3 Å². The standard InChI is InChI=1S/C22H23FNO9P/c1-3-10-31-18-9-8-17(23)20-21(18)24(13-32-19(25)12-33-34(27,28)29)11-16(22(20)26)14-4-6-15(30-2)7-5-14/h4-9,11H,3,10,12-13H2,1-2H3,(H2,27,28,29). The van der Waals surface area contributed by atoms with Gasteiger partial charge in [0.05, 0.1) is 19.1 Å². The summed E-state index contributed by atoms with van der Waals surface area (Å²) >= 11 is 0. The first kappa shape index (κ1) is 25.4. The van der Waals surface area contributed by atoms with Crippen LogP contribution in [-0.4, -0.2) is 40.6 Å². The molecule has 0 saturated heterocycles. The predicted octanol–water partition coefficient (Wildman–Crippen LogP) is 3.22. The third-order valence-corrected chi connectivity index (χ3v) is 5.18. The Hall–Kier alpha value is -3.24. The van der Waals surface area contributed by atoms with Crippen LogP contribution >= 0.6 is 7.82 Å². The highest BCUT2D eigenvalue weighted by atomic mass is 31.2. The molecule has 10 nitrogen and oxygen atoms in total. The van der Waals surface area contributed by atoms with Crippen LogP contribution in [-0.2, 0) is 25.4 Å². The fraction of sp³-hybridized carbons (Fsp3) is 0.273. The van der Waals surface area contributed by atoms with E-state index in [1.165, 1.54) is 23.9 Å². The smallest absolute Gasteiger partial charge is 0.470 e. The Morgan fingerprint density at radius 1 is 1.15 bits per heavy atom. The number of aromatic nitrogens is 1. The van der Waals surface area contributed by atoms with Crippen molar-refractivity contribution in [1.29, 1.82) is 0 Å². The Labute approximate surface area is 193 Å². The molecule has 0 amide bonds. The number of carbonyl (C=O) groups excluding carboxylic acids is 1. The summed E-state index contributed by atoms with van der Waals surface area (Å²) in [6, 6.07) is 9.02. The van der Waals surface area contributed by atoms with E-state index in [1.807, 2.05) is 6.92 Å². The van der Waals surface area contributed by atoms with Crippen LogP contribution in [0.5, 0.6) is 11.5 Å². The fourth-order valence-corrected chi connectivity index (χ4v) is 3.46. The van der Waals surface area contributed by atoms with E-state index < -0.39 is 38.4 Å². The number of phosphoric acid groups is 1. The summed E-state index contributed by atoms with van der Waals surface area (Å²) in [4.78, 5) is 42.7. The molecular formula is C22H23FNO9P. The van der Waals surface area contributed by atoms with Crippen molar-refractivity contribution >= 4 is 24.7 Å². The van der Waals surface area contributed by atoms with Gasteiger partial charge in [-0.3, -0.25) is 9.32 Å². The zero-order valence-corrected chi connectivity index (χ0v) is 19.3. The lowest BCUT2D eigenvalue weighted by molar-refractivity contribution is -0.150. The first-order chi connectivity index (χ1) is 16.1. The van der Waals surface area contributed by atoms with Gasteiger partial charge >= 0.3 is 13.8 Å². The number of esters is 1. The van der Waals surface area contributed by atoms with E-state index in [0.29, 0.717) is 24.3 Å². The topological polar surface area (TPSA) is 134 Å². The molecule has 0 unspecified atom stereocenters. The van der Waals surface area contributed by atoms with Gasteiger partial charge in [-0.15, -0.1) is 0 Å². The summed E-state index contributed by atoms with van der Waals surface area (Å²) in [7, 11) is -3.38. The summed E-state index contributed by atoms with van der Waals surface area (Å²) in [5, 5.41) is -0.260. The summed E-state index contributed by atoms with van der Waals surface area (Å²) < 4.78 is 47.0. The van der Waals surface area contributed by atoms with Gasteiger partial charge in [0.2, 0.25) is 0 Å². The molecular weight excluding hydrogens is 472 g/mol. The third-order valence-electron chi connectivity index (χ3n) is 4.71. The number of methoxy groups -OCH3 is 1. The second-order valence-electron chi connectivity index (χ2n) is 7.10. The van der Waals surface area contributed by atoms with Crippen LogP contribution < -0.4 is 14.9 Å². The first-order valence-electron chi connectivity index (χ1n) is 10.1. The Morgan fingerprint density at radius 3 is 2.47 bits per heavy atom. The minimum atomic E-state index is -4.87.